The molecule has 1 fully saturated rings. The molecule has 0 aromatic carbocycles. The van der Waals surface area contributed by atoms with Crippen LogP contribution in [0.4, 0.5) is 5.13 Å². The van der Waals surface area contributed by atoms with Crippen molar-refractivity contribution in [1.82, 2.24) is 15.3 Å². The Morgan fingerprint density at radius 2 is 2.15 bits per heavy atom. The van der Waals surface area contributed by atoms with E-state index in [1.165, 1.54) is 16.2 Å². The second-order valence-electron chi connectivity index (χ2n) is 5.95. The Morgan fingerprint density at radius 1 is 1.35 bits per heavy atom. The van der Waals surface area contributed by atoms with E-state index in [1.807, 2.05) is 25.3 Å². The molecule has 138 valence electrons. The number of amides is 1. The number of piperidine rings is 1. The molecule has 1 aliphatic heterocycles. The number of carbonyl (C=O) groups is 1. The van der Waals surface area contributed by atoms with Crippen molar-refractivity contribution in [1.29, 1.82) is 0 Å². The average molecular weight is 411 g/mol. The standard InChI is InChI=1S/C17H18N4O2S2.ClH/c1-10-14(20-16(24-10)12-3-2-8-23-12)15(22)21-17-19-9-13(25-17)11-4-6-18-7-5-11;/h2-3,8-9,11,18H,4-7H2,1H3,(H,19,21,22);1H. The normalized spacial score (nSPS) is 14.8. The van der Waals surface area contributed by atoms with Gasteiger partial charge in [-0.15, -0.1) is 35.1 Å². The van der Waals surface area contributed by atoms with E-state index in [0.29, 0.717) is 27.5 Å². The van der Waals surface area contributed by atoms with Crippen molar-refractivity contribution in [2.75, 3.05) is 18.4 Å². The molecule has 0 spiro atoms. The third-order valence-electron chi connectivity index (χ3n) is 4.23. The highest BCUT2D eigenvalue weighted by molar-refractivity contribution is 7.16. The molecule has 2 N–H and O–H groups in total. The van der Waals surface area contributed by atoms with Gasteiger partial charge in [-0.3, -0.25) is 10.1 Å². The number of aryl methyl sites for hydroxylation is 1. The summed E-state index contributed by atoms with van der Waals surface area (Å²) in [6, 6.07) is 3.65. The largest absolute Gasteiger partial charge is 0.462 e. The van der Waals surface area contributed by atoms with Crippen LogP contribution in [0.3, 0.4) is 0 Å². The van der Waals surface area contributed by atoms with Crippen LogP contribution < -0.4 is 10.6 Å². The first-order valence-corrected chi connectivity index (χ1v) is 9.83. The summed E-state index contributed by atoms with van der Waals surface area (Å²) in [5, 5.41) is 7.59. The first kappa shape index (κ1) is 19.0. The molecule has 9 heteroatoms. The second kappa shape index (κ2) is 8.30. The van der Waals surface area contributed by atoms with Gasteiger partial charge in [-0.2, -0.15) is 0 Å². The van der Waals surface area contributed by atoms with Gasteiger partial charge >= 0.3 is 0 Å². The molecule has 0 saturated carbocycles. The fraction of sp³-hybridized carbons (Fsp3) is 0.353. The maximum Gasteiger partial charge on any atom is 0.277 e. The molecule has 4 rings (SSSR count). The van der Waals surface area contributed by atoms with Crippen molar-refractivity contribution >= 4 is 46.1 Å². The molecular weight excluding hydrogens is 392 g/mol. The number of nitrogens with one attached hydrogen (secondary N) is 2. The van der Waals surface area contributed by atoms with Gasteiger partial charge in [0, 0.05) is 16.0 Å². The molecule has 3 aromatic heterocycles. The number of anilines is 1. The van der Waals surface area contributed by atoms with E-state index in [4.69, 9.17) is 4.42 Å². The number of rotatable bonds is 4. The monoisotopic (exact) mass is 410 g/mol. The predicted octanol–water partition coefficient (Wildman–Crippen LogP) is 4.31. The predicted molar refractivity (Wildman–Crippen MR) is 107 cm³/mol. The first-order chi connectivity index (χ1) is 12.2. The average Bonchev–Trinajstić information content (AvgIpc) is 3.35. The number of carbonyl (C=O) groups excluding carboxylic acids is 1. The molecule has 0 radical (unpaired) electrons. The number of hydrogen-bond donors (Lipinski definition) is 2. The highest BCUT2D eigenvalue weighted by Gasteiger charge is 2.21. The van der Waals surface area contributed by atoms with Crippen LogP contribution in [0, 0.1) is 6.92 Å². The number of furan rings is 1. The Morgan fingerprint density at radius 3 is 2.88 bits per heavy atom. The zero-order chi connectivity index (χ0) is 17.2. The molecule has 1 amide bonds. The lowest BCUT2D eigenvalue weighted by Crippen LogP contribution is -2.26. The summed E-state index contributed by atoms with van der Waals surface area (Å²) in [6.45, 7) is 3.97. The fourth-order valence-electron chi connectivity index (χ4n) is 2.91. The quantitative estimate of drug-likeness (QED) is 0.669. The summed E-state index contributed by atoms with van der Waals surface area (Å²) in [6.07, 6.45) is 5.72. The highest BCUT2D eigenvalue weighted by Crippen LogP contribution is 2.32. The van der Waals surface area contributed by atoms with E-state index >= 15 is 0 Å². The van der Waals surface area contributed by atoms with Gasteiger partial charge in [0.1, 0.15) is 5.69 Å². The van der Waals surface area contributed by atoms with Crippen LogP contribution in [0.25, 0.3) is 10.8 Å². The van der Waals surface area contributed by atoms with E-state index in [-0.39, 0.29) is 18.3 Å². The minimum atomic E-state index is -0.224. The number of nitrogens with zero attached hydrogens (tertiary/aromatic N) is 2. The Hall–Kier alpha value is -1.74. The van der Waals surface area contributed by atoms with Gasteiger partial charge < -0.3 is 9.73 Å². The Bertz CT molecular complexity index is 869. The molecule has 4 heterocycles. The van der Waals surface area contributed by atoms with Gasteiger partial charge in [-0.25, -0.2) is 9.97 Å². The lowest BCUT2D eigenvalue weighted by atomic mass is 9.97. The maximum absolute atomic E-state index is 12.6. The maximum atomic E-state index is 12.6. The third-order valence-corrected chi connectivity index (χ3v) is 6.29. The van der Waals surface area contributed by atoms with Crippen LogP contribution in [0.1, 0.15) is 39.0 Å². The zero-order valence-corrected chi connectivity index (χ0v) is 16.6. The molecule has 1 aliphatic rings. The minimum Gasteiger partial charge on any atom is -0.462 e. The Labute approximate surface area is 165 Å². The minimum absolute atomic E-state index is 0. The second-order valence-corrected chi connectivity index (χ2v) is 8.21. The molecule has 0 bridgehead atoms. The summed E-state index contributed by atoms with van der Waals surface area (Å²) in [7, 11) is 0. The van der Waals surface area contributed by atoms with Crippen LogP contribution in [-0.2, 0) is 0 Å². The lowest BCUT2D eigenvalue weighted by molar-refractivity contribution is 0.102. The summed E-state index contributed by atoms with van der Waals surface area (Å²) in [5.74, 6) is 0.989. The van der Waals surface area contributed by atoms with E-state index in [0.717, 1.165) is 30.8 Å². The van der Waals surface area contributed by atoms with Gasteiger partial charge in [0.25, 0.3) is 5.91 Å². The Balaban J connectivity index is 0.00000196. The van der Waals surface area contributed by atoms with Gasteiger partial charge in [-0.05, 0) is 50.9 Å². The number of thiazole rings is 2. The first-order valence-electron chi connectivity index (χ1n) is 8.20. The van der Waals surface area contributed by atoms with E-state index < -0.39 is 0 Å². The summed E-state index contributed by atoms with van der Waals surface area (Å²) >= 11 is 3.01. The van der Waals surface area contributed by atoms with Gasteiger partial charge in [0.2, 0.25) is 0 Å². The molecule has 6 nitrogen and oxygen atoms in total. The fourth-order valence-corrected chi connectivity index (χ4v) is 4.77. The van der Waals surface area contributed by atoms with Crippen LogP contribution in [0.15, 0.2) is 29.0 Å². The zero-order valence-electron chi connectivity index (χ0n) is 14.2. The van der Waals surface area contributed by atoms with Crippen molar-refractivity contribution in [3.05, 3.63) is 40.0 Å². The van der Waals surface area contributed by atoms with E-state index in [2.05, 4.69) is 20.6 Å². The number of aromatic nitrogens is 2. The number of halogens is 1. The van der Waals surface area contributed by atoms with E-state index in [1.54, 1.807) is 17.6 Å². The SMILES string of the molecule is Cc1sc(-c2ccco2)nc1C(=O)Nc1ncc(C2CCNCC2)s1.Cl. The van der Waals surface area contributed by atoms with Crippen molar-refractivity contribution < 1.29 is 9.21 Å². The van der Waals surface area contributed by atoms with Crippen molar-refractivity contribution in [2.45, 2.75) is 25.7 Å². The lowest BCUT2D eigenvalue weighted by Gasteiger charge is -2.20. The summed E-state index contributed by atoms with van der Waals surface area (Å²) in [4.78, 5) is 23.5. The summed E-state index contributed by atoms with van der Waals surface area (Å²) in [5.41, 5.74) is 0.426. The molecule has 0 unspecified atom stereocenters. The number of hydrogen-bond acceptors (Lipinski definition) is 7. The molecule has 3 aromatic rings. The van der Waals surface area contributed by atoms with Crippen LogP contribution in [0.2, 0.25) is 0 Å². The summed E-state index contributed by atoms with van der Waals surface area (Å²) < 4.78 is 5.36. The van der Waals surface area contributed by atoms with Crippen molar-refractivity contribution in [2.24, 2.45) is 0 Å². The smallest absolute Gasteiger partial charge is 0.277 e. The molecule has 0 atom stereocenters. The van der Waals surface area contributed by atoms with Crippen molar-refractivity contribution in [3.8, 4) is 10.8 Å². The molecule has 0 aliphatic carbocycles. The van der Waals surface area contributed by atoms with Crippen LogP contribution in [0.5, 0.6) is 0 Å². The van der Waals surface area contributed by atoms with Gasteiger partial charge in [-0.1, -0.05) is 0 Å². The Kier molecular flexibility index (Phi) is 6.08. The van der Waals surface area contributed by atoms with Gasteiger partial charge in [0.05, 0.1) is 6.26 Å². The van der Waals surface area contributed by atoms with Crippen LogP contribution >= 0.6 is 35.1 Å². The van der Waals surface area contributed by atoms with Gasteiger partial charge in [0.15, 0.2) is 15.9 Å². The van der Waals surface area contributed by atoms with E-state index in [9.17, 15) is 4.79 Å². The van der Waals surface area contributed by atoms with Crippen molar-refractivity contribution in [3.63, 3.8) is 0 Å². The molecular formula is C17H19ClN4O2S2. The third kappa shape index (κ3) is 3.98. The van der Waals surface area contributed by atoms with Crippen LogP contribution in [-0.4, -0.2) is 29.0 Å². The highest BCUT2D eigenvalue weighted by atomic mass is 35.5. The molecule has 26 heavy (non-hydrogen) atoms. The molecule has 1 saturated heterocycles. The topological polar surface area (TPSA) is 80.1 Å².